The first-order chi connectivity index (χ1) is 14.6. The Bertz CT molecular complexity index is 888. The molecule has 4 rings (SSSR count). The normalized spacial score (nSPS) is 19.5. The smallest absolute Gasteiger partial charge is 0.274 e. The molecule has 1 aromatic carbocycles. The van der Waals surface area contributed by atoms with Crippen LogP contribution in [0, 0.1) is 5.92 Å². The number of ether oxygens (including phenoxy) is 2. The zero-order chi connectivity index (χ0) is 20.9. The highest BCUT2D eigenvalue weighted by molar-refractivity contribution is 5.95. The van der Waals surface area contributed by atoms with Crippen LogP contribution >= 0.6 is 0 Å². The lowest BCUT2D eigenvalue weighted by atomic mass is 10.2. The van der Waals surface area contributed by atoms with E-state index in [4.69, 9.17) is 9.47 Å². The Labute approximate surface area is 175 Å². The lowest BCUT2D eigenvalue weighted by Gasteiger charge is -2.25. The SMILES string of the molecule is COc1cccc(CN2CC(OCC3CC3)CN(C(=O)c3cnccn3)CC2=O)c1. The van der Waals surface area contributed by atoms with E-state index in [1.54, 1.807) is 12.0 Å². The highest BCUT2D eigenvalue weighted by Crippen LogP contribution is 2.29. The highest BCUT2D eigenvalue weighted by Gasteiger charge is 2.33. The molecule has 2 heterocycles. The van der Waals surface area contributed by atoms with Crippen LogP contribution < -0.4 is 4.74 Å². The molecule has 1 aromatic heterocycles. The van der Waals surface area contributed by atoms with Crippen LogP contribution in [-0.4, -0.2) is 71.0 Å². The third kappa shape index (κ3) is 5.13. The molecule has 2 amide bonds. The van der Waals surface area contributed by atoms with E-state index >= 15 is 0 Å². The molecule has 0 N–H and O–H groups in total. The van der Waals surface area contributed by atoms with Gasteiger partial charge < -0.3 is 19.3 Å². The van der Waals surface area contributed by atoms with E-state index in [1.165, 1.54) is 36.3 Å². The maximum atomic E-state index is 13.0. The van der Waals surface area contributed by atoms with E-state index in [-0.39, 0.29) is 30.2 Å². The molecule has 8 nitrogen and oxygen atoms in total. The maximum absolute atomic E-state index is 13.0. The van der Waals surface area contributed by atoms with Gasteiger partial charge >= 0.3 is 0 Å². The van der Waals surface area contributed by atoms with Crippen LogP contribution in [0.25, 0.3) is 0 Å². The van der Waals surface area contributed by atoms with E-state index in [9.17, 15) is 9.59 Å². The first-order valence-electron chi connectivity index (χ1n) is 10.2. The number of aromatic nitrogens is 2. The monoisotopic (exact) mass is 410 g/mol. The summed E-state index contributed by atoms with van der Waals surface area (Å²) in [4.78, 5) is 37.3. The second kappa shape index (κ2) is 9.21. The van der Waals surface area contributed by atoms with Crippen LogP contribution in [0.2, 0.25) is 0 Å². The number of carbonyl (C=O) groups excluding carboxylic acids is 2. The summed E-state index contributed by atoms with van der Waals surface area (Å²) in [5.74, 6) is 0.919. The zero-order valence-corrected chi connectivity index (χ0v) is 17.1. The van der Waals surface area contributed by atoms with Crippen LogP contribution in [0.5, 0.6) is 5.75 Å². The lowest BCUT2D eigenvalue weighted by Crippen LogP contribution is -2.40. The minimum Gasteiger partial charge on any atom is -0.497 e. The Kier molecular flexibility index (Phi) is 6.23. The summed E-state index contributed by atoms with van der Waals surface area (Å²) in [6.45, 7) is 1.88. The Morgan fingerprint density at radius 1 is 1.23 bits per heavy atom. The predicted molar refractivity (Wildman–Crippen MR) is 109 cm³/mol. The molecule has 1 aliphatic carbocycles. The van der Waals surface area contributed by atoms with E-state index in [0.29, 0.717) is 32.2 Å². The zero-order valence-electron chi connectivity index (χ0n) is 17.1. The van der Waals surface area contributed by atoms with Crippen molar-refractivity contribution in [2.45, 2.75) is 25.5 Å². The van der Waals surface area contributed by atoms with Gasteiger partial charge in [0.25, 0.3) is 5.91 Å². The molecule has 1 unspecified atom stereocenters. The number of carbonyl (C=O) groups is 2. The lowest BCUT2D eigenvalue weighted by molar-refractivity contribution is -0.132. The summed E-state index contributed by atoms with van der Waals surface area (Å²) in [5.41, 5.74) is 1.20. The first-order valence-corrected chi connectivity index (χ1v) is 10.2. The third-order valence-electron chi connectivity index (χ3n) is 5.37. The van der Waals surface area contributed by atoms with E-state index in [2.05, 4.69) is 9.97 Å². The van der Waals surface area contributed by atoms with Crippen molar-refractivity contribution in [2.75, 3.05) is 33.4 Å². The van der Waals surface area contributed by atoms with Gasteiger partial charge in [0.1, 0.15) is 18.0 Å². The second-order valence-electron chi connectivity index (χ2n) is 7.80. The molecule has 30 heavy (non-hydrogen) atoms. The van der Waals surface area contributed by atoms with E-state index < -0.39 is 0 Å². The summed E-state index contributed by atoms with van der Waals surface area (Å²) in [7, 11) is 1.62. The van der Waals surface area contributed by atoms with Gasteiger partial charge in [-0.05, 0) is 36.5 Å². The largest absolute Gasteiger partial charge is 0.497 e. The van der Waals surface area contributed by atoms with Crippen LogP contribution in [-0.2, 0) is 16.1 Å². The van der Waals surface area contributed by atoms with E-state index in [1.807, 2.05) is 24.3 Å². The second-order valence-corrected chi connectivity index (χ2v) is 7.80. The maximum Gasteiger partial charge on any atom is 0.274 e. The highest BCUT2D eigenvalue weighted by atomic mass is 16.5. The summed E-state index contributed by atoms with van der Waals surface area (Å²) >= 11 is 0. The minimum atomic E-state index is -0.306. The Hall–Kier alpha value is -3.00. The van der Waals surface area contributed by atoms with Gasteiger partial charge in [-0.15, -0.1) is 0 Å². The van der Waals surface area contributed by atoms with Crippen molar-refractivity contribution in [1.29, 1.82) is 0 Å². The fourth-order valence-electron chi connectivity index (χ4n) is 3.51. The third-order valence-corrected chi connectivity index (χ3v) is 5.37. The molecule has 1 atom stereocenters. The van der Waals surface area contributed by atoms with Gasteiger partial charge in [-0.2, -0.15) is 0 Å². The average Bonchev–Trinajstić information content (AvgIpc) is 3.61. The summed E-state index contributed by atoms with van der Waals surface area (Å²) in [6.07, 6.45) is 6.53. The van der Waals surface area contributed by atoms with Crippen molar-refractivity contribution >= 4 is 11.8 Å². The van der Waals surface area contributed by atoms with Gasteiger partial charge in [0.15, 0.2) is 0 Å². The Morgan fingerprint density at radius 2 is 2.10 bits per heavy atom. The van der Waals surface area contributed by atoms with Crippen molar-refractivity contribution in [3.8, 4) is 5.75 Å². The van der Waals surface area contributed by atoms with Crippen LogP contribution in [0.1, 0.15) is 28.9 Å². The van der Waals surface area contributed by atoms with Crippen molar-refractivity contribution in [1.82, 2.24) is 19.8 Å². The molecule has 0 bridgehead atoms. The van der Waals surface area contributed by atoms with Crippen LogP contribution in [0.15, 0.2) is 42.9 Å². The molecule has 0 radical (unpaired) electrons. The molecule has 2 fully saturated rings. The summed E-state index contributed by atoms with van der Waals surface area (Å²) < 4.78 is 11.4. The predicted octanol–water partition coefficient (Wildman–Crippen LogP) is 1.76. The molecule has 0 spiro atoms. The van der Waals surface area contributed by atoms with Crippen molar-refractivity contribution in [3.05, 3.63) is 54.1 Å². The van der Waals surface area contributed by atoms with Gasteiger partial charge in [0.2, 0.25) is 5.91 Å². The molecule has 1 aliphatic heterocycles. The van der Waals surface area contributed by atoms with Gasteiger partial charge in [-0.1, -0.05) is 12.1 Å². The average molecular weight is 410 g/mol. The standard InChI is InChI=1S/C22H26N4O4/c1-29-18-4-2-3-17(9-18)11-25-12-19(30-15-16-5-6-16)13-26(14-21(25)27)22(28)20-10-23-7-8-24-20/h2-4,7-10,16,19H,5-6,11-15H2,1H3. The molecule has 1 saturated carbocycles. The fraction of sp³-hybridized carbons (Fsp3) is 0.455. The van der Waals surface area contributed by atoms with E-state index in [0.717, 1.165) is 11.3 Å². The number of benzene rings is 1. The number of methoxy groups -OCH3 is 1. The fourth-order valence-corrected chi connectivity index (χ4v) is 3.51. The summed E-state index contributed by atoms with van der Waals surface area (Å²) in [6, 6.07) is 7.65. The number of amides is 2. The van der Waals surface area contributed by atoms with Crippen LogP contribution in [0.3, 0.4) is 0 Å². The van der Waals surface area contributed by atoms with Gasteiger partial charge in [-0.25, -0.2) is 4.98 Å². The quantitative estimate of drug-likeness (QED) is 0.692. The molecule has 8 heteroatoms. The Balaban J connectivity index is 1.51. The molecule has 2 aromatic rings. The van der Waals surface area contributed by atoms with Crippen molar-refractivity contribution in [2.24, 2.45) is 5.92 Å². The number of rotatable bonds is 7. The van der Waals surface area contributed by atoms with Crippen molar-refractivity contribution < 1.29 is 19.1 Å². The van der Waals surface area contributed by atoms with Gasteiger partial charge in [0.05, 0.1) is 19.4 Å². The molecule has 158 valence electrons. The van der Waals surface area contributed by atoms with Gasteiger partial charge in [-0.3, -0.25) is 14.6 Å². The number of nitrogens with zero attached hydrogens (tertiary/aromatic N) is 4. The van der Waals surface area contributed by atoms with Crippen LogP contribution in [0.4, 0.5) is 0 Å². The summed E-state index contributed by atoms with van der Waals surface area (Å²) in [5, 5.41) is 0. The number of hydrogen-bond donors (Lipinski definition) is 0. The Morgan fingerprint density at radius 3 is 2.83 bits per heavy atom. The topological polar surface area (TPSA) is 84.9 Å². The van der Waals surface area contributed by atoms with Gasteiger partial charge in [0, 0.05) is 38.6 Å². The molecular weight excluding hydrogens is 384 g/mol. The molecule has 2 aliphatic rings. The molecular formula is C22H26N4O4. The molecule has 1 saturated heterocycles. The number of hydrogen-bond acceptors (Lipinski definition) is 6. The minimum absolute atomic E-state index is 0.0112. The van der Waals surface area contributed by atoms with Crippen molar-refractivity contribution in [3.63, 3.8) is 0 Å². The first kappa shape index (κ1) is 20.3.